The number of ether oxygens (including phenoxy) is 1. The molecule has 1 amide bonds. The maximum absolute atomic E-state index is 13.4. The van der Waals surface area contributed by atoms with Gasteiger partial charge in [0.2, 0.25) is 0 Å². The van der Waals surface area contributed by atoms with Crippen molar-refractivity contribution in [1.29, 1.82) is 0 Å². The molecule has 2 fully saturated rings. The largest absolute Gasteiger partial charge is 0.350 e. The average molecular weight is 437 g/mol. The van der Waals surface area contributed by atoms with Crippen molar-refractivity contribution >= 4 is 27.4 Å². The predicted molar refractivity (Wildman–Crippen MR) is 104 cm³/mol. The van der Waals surface area contributed by atoms with Crippen molar-refractivity contribution in [2.75, 3.05) is 19.7 Å². The van der Waals surface area contributed by atoms with Crippen LogP contribution in [0.1, 0.15) is 42.4 Å². The van der Waals surface area contributed by atoms with Crippen molar-refractivity contribution in [2.24, 2.45) is 0 Å². The summed E-state index contributed by atoms with van der Waals surface area (Å²) in [5, 5.41) is 12.7. The molecule has 0 aromatic heterocycles. The third-order valence-corrected chi connectivity index (χ3v) is 6.60. The monoisotopic (exact) mass is 436 g/mol. The van der Waals surface area contributed by atoms with E-state index in [2.05, 4.69) is 22.0 Å². The van der Waals surface area contributed by atoms with Gasteiger partial charge in [0, 0.05) is 29.6 Å². The molecule has 0 aliphatic carbocycles. The number of hydrogen-bond donors (Lipinski definition) is 1. The molecule has 1 spiro atoms. The van der Waals surface area contributed by atoms with Gasteiger partial charge < -0.3 is 9.94 Å². The van der Waals surface area contributed by atoms with Gasteiger partial charge in [0.1, 0.15) is 0 Å². The highest BCUT2D eigenvalue weighted by atomic mass is 79.9. The molecule has 27 heavy (non-hydrogen) atoms. The summed E-state index contributed by atoms with van der Waals surface area (Å²) in [6.45, 7) is 5.72. The fourth-order valence-corrected chi connectivity index (χ4v) is 4.48. The Kier molecular flexibility index (Phi) is 5.16. The number of carbonyl (C=O) groups is 1. The molecule has 3 aliphatic heterocycles. The van der Waals surface area contributed by atoms with Crippen LogP contribution in [0, 0.1) is 13.8 Å². The van der Waals surface area contributed by atoms with Gasteiger partial charge in [-0.3, -0.25) is 4.79 Å². The lowest BCUT2D eigenvalue weighted by Crippen LogP contribution is -2.53. The van der Waals surface area contributed by atoms with Crippen LogP contribution < -0.4 is 0 Å². The Morgan fingerprint density at radius 2 is 2.00 bits per heavy atom. The number of amides is 1. The molecule has 0 radical (unpaired) electrons. The lowest BCUT2D eigenvalue weighted by Gasteiger charge is -2.42. The molecule has 0 bridgehead atoms. The van der Waals surface area contributed by atoms with Crippen LogP contribution in [0.25, 0.3) is 5.57 Å². The molecular formula is C20H25BrN2O4. The second-order valence-corrected chi connectivity index (χ2v) is 8.53. The topological polar surface area (TPSA) is 62.2 Å². The maximum atomic E-state index is 13.4. The first-order valence-electron chi connectivity index (χ1n) is 9.46. The minimum atomic E-state index is -0.540. The number of hydrogen-bond acceptors (Lipinski definition) is 5. The van der Waals surface area contributed by atoms with Gasteiger partial charge in [0.05, 0.1) is 12.1 Å². The smallest absolute Gasteiger partial charge is 0.278 e. The molecule has 1 aromatic carbocycles. The van der Waals surface area contributed by atoms with E-state index < -0.39 is 5.54 Å². The molecule has 3 aliphatic rings. The zero-order valence-electron chi connectivity index (χ0n) is 15.7. The number of halogens is 1. The maximum Gasteiger partial charge on any atom is 0.278 e. The molecule has 2 saturated heterocycles. The lowest BCUT2D eigenvalue weighted by molar-refractivity contribution is -0.286. The predicted octanol–water partition coefficient (Wildman–Crippen LogP) is 3.58. The van der Waals surface area contributed by atoms with E-state index in [0.29, 0.717) is 38.1 Å². The summed E-state index contributed by atoms with van der Waals surface area (Å²) in [6, 6.07) is 4.10. The van der Waals surface area contributed by atoms with Crippen LogP contribution in [0.3, 0.4) is 0 Å². The summed E-state index contributed by atoms with van der Waals surface area (Å²) < 4.78 is 6.59. The molecule has 146 valence electrons. The van der Waals surface area contributed by atoms with Crippen LogP contribution in [0.2, 0.25) is 0 Å². The quantitative estimate of drug-likeness (QED) is 0.784. The summed E-state index contributed by atoms with van der Waals surface area (Å²) in [5.41, 5.74) is 3.24. The Morgan fingerprint density at radius 1 is 1.26 bits per heavy atom. The highest BCUT2D eigenvalue weighted by Crippen LogP contribution is 2.42. The number of aryl methyl sites for hydroxylation is 2. The number of hydroxylamine groups is 4. The minimum Gasteiger partial charge on any atom is -0.350 e. The highest BCUT2D eigenvalue weighted by molar-refractivity contribution is 9.10. The van der Waals surface area contributed by atoms with Gasteiger partial charge >= 0.3 is 0 Å². The second kappa shape index (κ2) is 7.29. The first-order chi connectivity index (χ1) is 12.9. The van der Waals surface area contributed by atoms with Crippen molar-refractivity contribution in [1.82, 2.24) is 10.1 Å². The Morgan fingerprint density at radius 3 is 2.67 bits per heavy atom. The van der Waals surface area contributed by atoms with Crippen molar-refractivity contribution in [3.8, 4) is 0 Å². The molecule has 7 heteroatoms. The van der Waals surface area contributed by atoms with Crippen molar-refractivity contribution in [3.63, 3.8) is 0 Å². The first kappa shape index (κ1) is 19.1. The molecule has 6 nitrogen and oxygen atoms in total. The minimum absolute atomic E-state index is 0.129. The van der Waals surface area contributed by atoms with E-state index >= 15 is 0 Å². The van der Waals surface area contributed by atoms with Crippen molar-refractivity contribution in [2.45, 2.75) is 51.4 Å². The second-order valence-electron chi connectivity index (χ2n) is 7.68. The normalized spacial score (nSPS) is 25.5. The first-order valence-corrected chi connectivity index (χ1v) is 10.3. The van der Waals surface area contributed by atoms with Crippen LogP contribution in [0.15, 0.2) is 22.7 Å². The van der Waals surface area contributed by atoms with Crippen LogP contribution >= 0.6 is 15.9 Å². The molecular weight excluding hydrogens is 412 g/mol. The third-order valence-electron chi connectivity index (χ3n) is 5.74. The fourth-order valence-electron chi connectivity index (χ4n) is 4.14. The Bertz CT molecular complexity index is 780. The Hall–Kier alpha value is -1.25. The zero-order valence-corrected chi connectivity index (χ0v) is 17.3. The Balaban J connectivity index is 1.71. The molecule has 4 rings (SSSR count). The molecule has 3 heterocycles. The van der Waals surface area contributed by atoms with E-state index in [4.69, 9.17) is 9.57 Å². The van der Waals surface area contributed by atoms with E-state index in [1.807, 2.05) is 26.0 Å². The molecule has 1 unspecified atom stereocenters. The number of piperidine rings is 1. The van der Waals surface area contributed by atoms with E-state index in [9.17, 15) is 10.0 Å². The molecule has 1 N–H and O–H groups in total. The Labute approximate surface area is 167 Å². The van der Waals surface area contributed by atoms with Gasteiger partial charge in [-0.2, -0.15) is 5.06 Å². The van der Waals surface area contributed by atoms with Crippen molar-refractivity contribution in [3.05, 3.63) is 39.4 Å². The average Bonchev–Trinajstić information content (AvgIpc) is 3.24. The SMILES string of the molecule is Cc1cc(C)c(C2=CC3(CCN(O)CC3)N(OC3CCCO3)C2=O)cc1Br. The van der Waals surface area contributed by atoms with Gasteiger partial charge in [0.15, 0.2) is 6.29 Å². The summed E-state index contributed by atoms with van der Waals surface area (Å²) in [6.07, 6.45) is 4.64. The number of benzene rings is 1. The standard InChI is InChI=1S/C20H25BrN2O4/c1-13-10-14(2)17(21)11-15(13)16-12-20(5-7-22(25)8-6-20)23(19(16)24)27-18-4-3-9-26-18/h10-12,18,25H,3-9H2,1-2H3. The van der Waals surface area contributed by atoms with Gasteiger partial charge in [-0.05, 0) is 61.9 Å². The third kappa shape index (κ3) is 3.47. The van der Waals surface area contributed by atoms with E-state index in [1.54, 1.807) is 0 Å². The van der Waals surface area contributed by atoms with Crippen LogP contribution in [0.5, 0.6) is 0 Å². The number of carbonyl (C=O) groups excluding carboxylic acids is 1. The van der Waals surface area contributed by atoms with E-state index in [0.717, 1.165) is 34.0 Å². The van der Waals surface area contributed by atoms with Gasteiger partial charge in [0.25, 0.3) is 5.91 Å². The van der Waals surface area contributed by atoms with Gasteiger partial charge in [-0.1, -0.05) is 22.0 Å². The highest BCUT2D eigenvalue weighted by Gasteiger charge is 2.49. The van der Waals surface area contributed by atoms with Crippen LogP contribution in [-0.2, 0) is 14.4 Å². The van der Waals surface area contributed by atoms with Crippen LogP contribution in [-0.4, -0.2) is 52.8 Å². The lowest BCUT2D eigenvalue weighted by atomic mass is 9.87. The summed E-state index contributed by atoms with van der Waals surface area (Å²) in [5.74, 6) is -0.129. The number of nitrogens with zero attached hydrogens (tertiary/aromatic N) is 2. The molecule has 0 saturated carbocycles. The summed E-state index contributed by atoms with van der Waals surface area (Å²) in [4.78, 5) is 19.4. The fraction of sp³-hybridized carbons (Fsp3) is 0.550. The summed E-state index contributed by atoms with van der Waals surface area (Å²) >= 11 is 3.59. The number of rotatable bonds is 3. The van der Waals surface area contributed by atoms with Crippen molar-refractivity contribution < 1.29 is 19.6 Å². The van der Waals surface area contributed by atoms with Gasteiger partial charge in [-0.25, -0.2) is 9.90 Å². The van der Waals surface area contributed by atoms with E-state index in [1.165, 1.54) is 10.1 Å². The molecule has 1 aromatic rings. The van der Waals surface area contributed by atoms with Crippen LogP contribution in [0.4, 0.5) is 0 Å². The molecule has 1 atom stereocenters. The summed E-state index contributed by atoms with van der Waals surface area (Å²) in [7, 11) is 0. The zero-order chi connectivity index (χ0) is 19.2. The van der Waals surface area contributed by atoms with Gasteiger partial charge in [-0.15, -0.1) is 0 Å². The van der Waals surface area contributed by atoms with E-state index in [-0.39, 0.29) is 12.2 Å².